The molecule has 6 aromatic rings. The average Bonchev–Trinajstić information content (AvgIpc) is 1.66. The van der Waals surface area contributed by atoms with Crippen molar-refractivity contribution in [1.82, 2.24) is 21.3 Å². The standard InChI is InChI=1S/C13H11ClF3NO3.C13H11ClF3NO2.C12H13NO.C11H10F3NO.C10H18O2.C9H11NO.C9H11N.C3H3Br.C2H2Cl2O.2CH2O3.CH4O2.Al.Cl2OS.3ClH.4K.2H/c14-6-11(19)21-8-3-1-7-2-4-10(9(7)5-8)18-12(20)13(15,16)17;14-6-11(19)8-2-1-7-3-4-10(9(7)5-8)18-12(20)13(15,16)17;1-2-7-13-12-6-4-9-3-5-10(14)8-11(9)12;12-11(13,14)10(16)15-9-6-5-7-3-1-2-4-8(7)9;11-10(12)8-4-3-7-9-5-1-2-6-9;10-9-4-2-6-1-3-7(11)5-8(6)9;10-9-6-5-7-3-1-2-4-8(7)9;1-2-3-4;3-1-2(4)5;2*2-1-4-3;2-1-3;;1-4(2)3;;;;;;;;;/h1,3,5,10H,2,4,6H2,(H,18,20);1-2,5,10H,3-4,6H2,(H,18,20);1,3,5,8,12-14H,4,6-7H2;1-4,9H,5-6H2,(H,15,16);9H,1-8H2,(H,11,12);1,3,5,9,11H,2,4,10H2;1-4,9H,5-6,10H2;1H,3H2;1H2;2*1,3H;2-3H,1H2;;;3*1H;;;;;;/q;;;;;;;;;;;;+3;;;;;4*+1;2*-1/p-5/t2*10-;12-;9-;;2*9-;;;;;;;;;;;;;;;;/m1111.11................/s1. The number of carbonyl (C=O) groups excluding carboxylic acids is 8. The number of carboxylic acids is 1. The van der Waals surface area contributed by atoms with E-state index in [-0.39, 0.29) is 257 Å². The number of esters is 1. The maximum Gasteiger partial charge on any atom is 1.00 e. The van der Waals surface area contributed by atoms with Crippen molar-refractivity contribution in [2.75, 3.05) is 36.3 Å². The number of aromatic hydroxyl groups is 2. The minimum Gasteiger partial charge on any atom is -1.00 e. The molecule has 7 aliphatic carbocycles. The number of aryl methyl sites for hydroxylation is 6. The first-order chi connectivity index (χ1) is 62.3. The first-order valence-electron chi connectivity index (χ1n) is 39.3. The number of terminal acetylenes is 2. The second kappa shape index (κ2) is 82.1. The van der Waals surface area contributed by atoms with E-state index in [2.05, 4.69) is 88.5 Å². The van der Waals surface area contributed by atoms with E-state index in [4.69, 9.17) is 150 Å². The van der Waals surface area contributed by atoms with Crippen LogP contribution in [0.15, 0.2) is 121 Å². The molecular weight excluding hydrogens is 2210 g/mol. The molecule has 0 aromatic heterocycles. The maximum atomic E-state index is 12.3. The Labute approximate surface area is 1010 Å². The molecule has 1 fully saturated rings. The molecular formula is C85H98AlBrCl9F9K4N6O20S. The summed E-state index contributed by atoms with van der Waals surface area (Å²) in [5.41, 5.74) is 24.2. The Morgan fingerprint density at radius 1 is 0.537 bits per heavy atom. The van der Waals surface area contributed by atoms with Crippen molar-refractivity contribution >= 4 is 188 Å². The van der Waals surface area contributed by atoms with Gasteiger partial charge in [-0.05, 0) is 210 Å². The van der Waals surface area contributed by atoms with E-state index in [1.165, 1.54) is 78.1 Å². The molecule has 7 aliphatic rings. The Kier molecular flexibility index (Phi) is 86.6. The first kappa shape index (κ1) is 144. The Balaban J connectivity index is -0.000000277. The van der Waals surface area contributed by atoms with Gasteiger partial charge in [0.1, 0.15) is 29.9 Å². The number of ketones is 1. The molecule has 0 unspecified atom stereocenters. The molecule has 136 heavy (non-hydrogen) atoms. The predicted molar refractivity (Wildman–Crippen MR) is 489 cm³/mol. The van der Waals surface area contributed by atoms with E-state index in [1.807, 2.05) is 46.3 Å². The number of unbranched alkanes of at least 4 members (excludes halogenated alkanes) is 1. The molecule has 51 heteroatoms. The van der Waals surface area contributed by atoms with Gasteiger partial charge in [0.25, 0.3) is 12.9 Å². The molecule has 26 nitrogen and oxygen atoms in total. The predicted octanol–water partition coefficient (Wildman–Crippen LogP) is 3.79. The first-order valence-corrected chi connectivity index (χ1v) is 50.4. The summed E-state index contributed by atoms with van der Waals surface area (Å²) in [4.78, 5) is 97.5. The summed E-state index contributed by atoms with van der Waals surface area (Å²) in [6, 6.07) is 34.9. The number of hydrogen-bond donors (Lipinski definition) is 11. The van der Waals surface area contributed by atoms with Gasteiger partial charge in [-0.3, -0.25) is 48.5 Å². The van der Waals surface area contributed by atoms with Crippen molar-refractivity contribution in [1.29, 1.82) is 0 Å². The number of carboxylic acid groups (broad SMARTS) is 1. The second-order valence-electron chi connectivity index (χ2n) is 27.8. The van der Waals surface area contributed by atoms with Gasteiger partial charge in [0, 0.05) is 51.5 Å². The quantitative estimate of drug-likeness (QED) is 0.00494. The van der Waals surface area contributed by atoms with Crippen LogP contribution in [0.1, 0.15) is 206 Å². The minimum atomic E-state index is -4.93. The van der Waals surface area contributed by atoms with Crippen LogP contribution in [0.2, 0.25) is 0 Å². The van der Waals surface area contributed by atoms with E-state index in [0.717, 1.165) is 85.1 Å². The Morgan fingerprint density at radius 2 is 0.875 bits per heavy atom. The Morgan fingerprint density at radius 3 is 1.25 bits per heavy atom. The van der Waals surface area contributed by atoms with Gasteiger partial charge in [-0.25, -0.2) is 34.4 Å². The third kappa shape index (κ3) is 62.9. The van der Waals surface area contributed by atoms with Crippen LogP contribution in [0, 0.1) is 30.6 Å². The van der Waals surface area contributed by atoms with Crippen molar-refractivity contribution in [3.63, 3.8) is 0 Å². The summed E-state index contributed by atoms with van der Waals surface area (Å²) in [5.74, 6) is -1.38. The zero-order chi connectivity index (χ0) is 100. The smallest absolute Gasteiger partial charge is 1.00 e. The molecule has 6 atom stereocenters. The molecule has 734 valence electrons. The molecule has 3 amide bonds. The third-order valence-electron chi connectivity index (χ3n) is 19.1. The van der Waals surface area contributed by atoms with Crippen LogP contribution >= 0.6 is 114 Å². The number of ether oxygens (including phenoxy) is 1. The zero-order valence-corrected chi connectivity index (χ0v) is 96.8. The fraction of sp³-hybridized carbons (Fsp3) is 0.424. The number of phenols is 2. The van der Waals surface area contributed by atoms with Crippen LogP contribution in [0.4, 0.5) is 39.5 Å². The zero-order valence-electron chi connectivity index (χ0n) is 76.0. The number of nitrogens with two attached hydrogens (primary N) is 2. The summed E-state index contributed by atoms with van der Waals surface area (Å²) in [6.45, 7) is -0.528. The summed E-state index contributed by atoms with van der Waals surface area (Å²) in [7, 11) is 22.2. The van der Waals surface area contributed by atoms with Crippen molar-refractivity contribution in [2.24, 2.45) is 17.4 Å². The molecule has 13 N–H and O–H groups in total. The molecule has 0 aliphatic heterocycles. The molecule has 0 bridgehead atoms. The van der Waals surface area contributed by atoms with Crippen molar-refractivity contribution < 1.29 is 346 Å². The molecule has 1 saturated carbocycles. The number of Topliss-reactive ketones (excluding diaryl/α,β-unsaturated/α-hetero) is 1. The number of fused-ring (bicyclic) bond motifs is 6. The van der Waals surface area contributed by atoms with Crippen molar-refractivity contribution in [3.8, 4) is 41.9 Å². The SMILES string of the molecule is C#CCBr.C#CCN[C@@H]1CCc2ccc(O)cc21.N[C@@H]1CCc2ccc(O)cc21.N[C@@H]1CCc2ccccc21.O=C(CCl)Oc1ccc2c(c1)[C@H](NC(=O)C(F)(F)F)CC2.O=C(CCl)c1ccc2c(c1)[C@H](NC(=O)C(F)(F)F)CC2.O=C(Cl)CCl.O=C(N[C@@H]1CCc2ccccc21)C(F)(F)F.O=C(O)CCCCC1CCCC1.O=CO[O-].O=CO[O-].O=S(Cl)Cl.OCO.[Cl][Al]([Cl])[Cl].[H-].[H-].[K+].[K+].[K+].[K+]. The Hall–Kier alpha value is -0.922. The van der Waals surface area contributed by atoms with Gasteiger partial charge in [-0.2, -0.15) is 39.5 Å². The number of phenolic OH excluding ortho intramolecular Hbond substituents is 2. The summed E-state index contributed by atoms with van der Waals surface area (Å²) >= 11 is 21.6. The summed E-state index contributed by atoms with van der Waals surface area (Å²) in [6.07, 6.45) is 14.0. The number of halogens is 19. The number of nitrogens with one attached hydrogen (secondary N) is 4. The largest absolute Gasteiger partial charge is 1.00 e. The molecule has 6 aromatic carbocycles. The Bertz CT molecular complexity index is 4680. The number of aliphatic carboxylic acids is 1. The molecule has 0 heterocycles. The van der Waals surface area contributed by atoms with E-state index in [1.54, 1.807) is 48.5 Å². The molecule has 0 saturated heterocycles. The van der Waals surface area contributed by atoms with Gasteiger partial charge in [-0.1, -0.05) is 145 Å². The number of carbonyl (C=O) groups is 9. The van der Waals surface area contributed by atoms with Crippen LogP contribution in [-0.4, -0.2) is 150 Å². The number of benzene rings is 6. The van der Waals surface area contributed by atoms with Gasteiger partial charge < -0.3 is 80.8 Å². The third-order valence-corrected chi connectivity index (χ3v) is 20.4. The topological polar surface area (TPSA) is 446 Å². The number of alkyl halides is 13. The van der Waals surface area contributed by atoms with Crippen LogP contribution < -0.4 is 254 Å². The van der Waals surface area contributed by atoms with Gasteiger partial charge >= 0.3 is 265 Å². The van der Waals surface area contributed by atoms with E-state index in [0.29, 0.717) is 97.1 Å². The number of aliphatic hydroxyl groups is 2. The molecule has 13 rings (SSSR count). The number of rotatable bonds is 17. The minimum absolute atomic E-state index is 0. The van der Waals surface area contributed by atoms with Crippen LogP contribution in [0.25, 0.3) is 0 Å². The fourth-order valence-electron chi connectivity index (χ4n) is 13.6. The van der Waals surface area contributed by atoms with Gasteiger partial charge in [-0.15, -0.1) is 47.6 Å². The second-order valence-corrected chi connectivity index (χ2v) is 38.6. The fourth-order valence-corrected chi connectivity index (χ4v) is 13.8. The average molecular weight is 2310 g/mol. The van der Waals surface area contributed by atoms with Gasteiger partial charge in [0.15, 0.2) is 5.78 Å². The molecule has 0 radical (unpaired) electrons. The van der Waals surface area contributed by atoms with Crippen LogP contribution in [0.3, 0.4) is 0 Å². The van der Waals surface area contributed by atoms with Gasteiger partial charge in [0.05, 0.1) is 41.8 Å². The van der Waals surface area contributed by atoms with E-state index < -0.39 is 99.0 Å². The van der Waals surface area contributed by atoms with E-state index in [9.17, 15) is 78.2 Å². The normalized spacial score (nSPS) is 15.9. The van der Waals surface area contributed by atoms with Crippen LogP contribution in [-0.2, 0) is 95.9 Å². The number of aliphatic hydroxyl groups excluding tert-OH is 1. The monoisotopic (exact) mass is 2300 g/mol. The number of amides is 3. The van der Waals surface area contributed by atoms with Crippen molar-refractivity contribution in [3.05, 3.63) is 194 Å². The summed E-state index contributed by atoms with van der Waals surface area (Å²) < 4.78 is 124. The molecule has 0 spiro atoms. The van der Waals surface area contributed by atoms with Gasteiger partial charge in [0.2, 0.25) is 14.5 Å². The van der Waals surface area contributed by atoms with Crippen molar-refractivity contribution in [2.45, 2.75) is 183 Å². The summed E-state index contributed by atoms with van der Waals surface area (Å²) in [5, 5.41) is 67.4. The van der Waals surface area contributed by atoms with E-state index >= 15 is 0 Å². The van der Waals surface area contributed by atoms with Crippen LogP contribution in [0.5, 0.6) is 17.2 Å². The number of hydrogen-bond acceptors (Lipinski definition) is 22. The maximum absolute atomic E-state index is 12.3.